The van der Waals surface area contributed by atoms with Crippen LogP contribution in [0.2, 0.25) is 0 Å². The second-order valence-corrected chi connectivity index (χ2v) is 5.88. The number of hydrogen-bond donors (Lipinski definition) is 2. The van der Waals surface area contributed by atoms with E-state index in [9.17, 15) is 0 Å². The Labute approximate surface area is 110 Å². The zero-order valence-corrected chi connectivity index (χ0v) is 12.0. The first-order chi connectivity index (χ1) is 8.54. The Balaban J connectivity index is 2.27. The van der Waals surface area contributed by atoms with Crippen molar-refractivity contribution in [1.82, 2.24) is 15.2 Å². The van der Waals surface area contributed by atoms with E-state index in [1.807, 2.05) is 11.7 Å². The minimum Gasteiger partial charge on any atom is -0.272 e. The van der Waals surface area contributed by atoms with Gasteiger partial charge in [0, 0.05) is 18.3 Å². The lowest BCUT2D eigenvalue weighted by atomic mass is 9.76. The quantitative estimate of drug-likeness (QED) is 0.639. The van der Waals surface area contributed by atoms with Crippen molar-refractivity contribution < 1.29 is 0 Å². The predicted molar refractivity (Wildman–Crippen MR) is 73.9 cm³/mol. The molecule has 1 aliphatic rings. The van der Waals surface area contributed by atoms with Crippen LogP contribution in [0.4, 0.5) is 0 Å². The molecule has 4 nitrogen and oxygen atoms in total. The van der Waals surface area contributed by atoms with Crippen molar-refractivity contribution in [3.05, 3.63) is 17.0 Å². The molecule has 1 fully saturated rings. The third kappa shape index (κ3) is 2.45. The fourth-order valence-corrected chi connectivity index (χ4v) is 3.48. The van der Waals surface area contributed by atoms with E-state index in [-0.39, 0.29) is 6.04 Å². The molecular formula is C14H26N4. The molecule has 3 atom stereocenters. The molecule has 1 heterocycles. The average molecular weight is 250 g/mol. The Hall–Kier alpha value is -0.870. The summed E-state index contributed by atoms with van der Waals surface area (Å²) in [4.78, 5) is 0. The molecule has 3 unspecified atom stereocenters. The molecular weight excluding hydrogens is 224 g/mol. The van der Waals surface area contributed by atoms with Crippen LogP contribution < -0.4 is 11.3 Å². The van der Waals surface area contributed by atoms with Crippen LogP contribution >= 0.6 is 0 Å². The Kier molecular flexibility index (Phi) is 4.07. The monoisotopic (exact) mass is 250 g/mol. The number of aryl methyl sites for hydroxylation is 2. The number of aromatic nitrogens is 2. The largest absolute Gasteiger partial charge is 0.272 e. The van der Waals surface area contributed by atoms with Crippen LogP contribution in [0.5, 0.6) is 0 Å². The van der Waals surface area contributed by atoms with E-state index < -0.39 is 0 Å². The Morgan fingerprint density at radius 3 is 2.61 bits per heavy atom. The summed E-state index contributed by atoms with van der Waals surface area (Å²) < 4.78 is 1.96. The van der Waals surface area contributed by atoms with E-state index in [0.29, 0.717) is 5.92 Å². The molecule has 2 rings (SSSR count). The molecule has 0 amide bonds. The SMILES string of the molecule is Cc1nn(C)c(C)c1C(NN)C1CCCC(C)C1. The van der Waals surface area contributed by atoms with E-state index in [2.05, 4.69) is 31.3 Å². The van der Waals surface area contributed by atoms with Crippen molar-refractivity contribution in [2.24, 2.45) is 24.7 Å². The van der Waals surface area contributed by atoms with Crippen molar-refractivity contribution in [1.29, 1.82) is 0 Å². The van der Waals surface area contributed by atoms with Gasteiger partial charge in [0.2, 0.25) is 0 Å². The summed E-state index contributed by atoms with van der Waals surface area (Å²) in [5.41, 5.74) is 6.69. The van der Waals surface area contributed by atoms with Crippen molar-refractivity contribution in [2.45, 2.75) is 52.5 Å². The lowest BCUT2D eigenvalue weighted by Gasteiger charge is -2.33. The molecule has 0 saturated heterocycles. The van der Waals surface area contributed by atoms with Crippen LogP contribution in [0.25, 0.3) is 0 Å². The van der Waals surface area contributed by atoms with Gasteiger partial charge in [-0.25, -0.2) is 0 Å². The first-order valence-electron chi connectivity index (χ1n) is 7.00. The van der Waals surface area contributed by atoms with Gasteiger partial charge in [0.05, 0.1) is 11.7 Å². The first kappa shape index (κ1) is 13.6. The van der Waals surface area contributed by atoms with Crippen LogP contribution in [0, 0.1) is 25.7 Å². The standard InChI is InChI=1S/C14H26N4/c1-9-6-5-7-12(8-9)14(16-15)13-10(2)17-18(4)11(13)3/h9,12,14,16H,5-8,15H2,1-4H3. The van der Waals surface area contributed by atoms with Gasteiger partial charge < -0.3 is 0 Å². The molecule has 0 aromatic carbocycles. The average Bonchev–Trinajstić information content (AvgIpc) is 2.57. The van der Waals surface area contributed by atoms with Crippen LogP contribution in [0.1, 0.15) is 55.6 Å². The highest BCUT2D eigenvalue weighted by Crippen LogP contribution is 2.38. The summed E-state index contributed by atoms with van der Waals surface area (Å²) in [7, 11) is 2.00. The van der Waals surface area contributed by atoms with Gasteiger partial charge in [-0.3, -0.25) is 16.0 Å². The minimum absolute atomic E-state index is 0.251. The third-order valence-electron chi connectivity index (χ3n) is 4.50. The highest BCUT2D eigenvalue weighted by molar-refractivity contribution is 5.28. The zero-order valence-electron chi connectivity index (χ0n) is 12.0. The van der Waals surface area contributed by atoms with E-state index in [1.54, 1.807) is 0 Å². The number of hydrogen-bond acceptors (Lipinski definition) is 3. The molecule has 18 heavy (non-hydrogen) atoms. The van der Waals surface area contributed by atoms with Crippen LogP contribution in [0.3, 0.4) is 0 Å². The van der Waals surface area contributed by atoms with Gasteiger partial charge in [-0.1, -0.05) is 19.8 Å². The molecule has 0 bridgehead atoms. The second-order valence-electron chi connectivity index (χ2n) is 5.88. The summed E-state index contributed by atoms with van der Waals surface area (Å²) >= 11 is 0. The highest BCUT2D eigenvalue weighted by atomic mass is 15.3. The van der Waals surface area contributed by atoms with E-state index in [1.165, 1.54) is 36.9 Å². The maximum Gasteiger partial charge on any atom is 0.0644 e. The van der Waals surface area contributed by atoms with Crippen LogP contribution in [-0.4, -0.2) is 9.78 Å². The topological polar surface area (TPSA) is 55.9 Å². The fourth-order valence-electron chi connectivity index (χ4n) is 3.48. The molecule has 0 radical (unpaired) electrons. The molecule has 1 aromatic heterocycles. The minimum atomic E-state index is 0.251. The van der Waals surface area contributed by atoms with Crippen molar-refractivity contribution >= 4 is 0 Å². The van der Waals surface area contributed by atoms with Gasteiger partial charge in [0.15, 0.2) is 0 Å². The number of hydrazine groups is 1. The maximum absolute atomic E-state index is 5.84. The summed E-state index contributed by atoms with van der Waals surface area (Å²) in [5, 5.41) is 4.51. The van der Waals surface area contributed by atoms with Gasteiger partial charge in [-0.2, -0.15) is 5.10 Å². The van der Waals surface area contributed by atoms with Crippen molar-refractivity contribution in [3.8, 4) is 0 Å². The predicted octanol–water partition coefficient (Wildman–Crippen LogP) is 2.37. The van der Waals surface area contributed by atoms with E-state index in [4.69, 9.17) is 5.84 Å². The molecule has 0 spiro atoms. The van der Waals surface area contributed by atoms with Gasteiger partial charge >= 0.3 is 0 Å². The number of nitrogens with two attached hydrogens (primary N) is 1. The molecule has 102 valence electrons. The summed E-state index contributed by atoms with van der Waals surface area (Å²) in [6, 6.07) is 0.251. The maximum atomic E-state index is 5.84. The lowest BCUT2D eigenvalue weighted by Crippen LogP contribution is -2.36. The first-order valence-corrected chi connectivity index (χ1v) is 7.00. The van der Waals surface area contributed by atoms with Crippen molar-refractivity contribution in [3.63, 3.8) is 0 Å². The molecule has 1 aliphatic carbocycles. The molecule has 0 aliphatic heterocycles. The Morgan fingerprint density at radius 2 is 2.11 bits per heavy atom. The molecule has 3 N–H and O–H groups in total. The zero-order chi connectivity index (χ0) is 13.3. The van der Waals surface area contributed by atoms with E-state index in [0.717, 1.165) is 11.6 Å². The summed E-state index contributed by atoms with van der Waals surface area (Å²) in [6.45, 7) is 6.56. The second kappa shape index (κ2) is 5.41. The van der Waals surface area contributed by atoms with Crippen LogP contribution in [-0.2, 0) is 7.05 Å². The van der Waals surface area contributed by atoms with Gasteiger partial charge in [-0.05, 0) is 38.5 Å². The molecule has 4 heteroatoms. The number of rotatable bonds is 3. The van der Waals surface area contributed by atoms with Gasteiger partial charge in [0.1, 0.15) is 0 Å². The summed E-state index contributed by atoms with van der Waals surface area (Å²) in [6.07, 6.45) is 5.22. The summed E-state index contributed by atoms with van der Waals surface area (Å²) in [5.74, 6) is 7.30. The smallest absolute Gasteiger partial charge is 0.0644 e. The Bertz CT molecular complexity index is 410. The van der Waals surface area contributed by atoms with Gasteiger partial charge in [-0.15, -0.1) is 0 Å². The Morgan fingerprint density at radius 1 is 1.39 bits per heavy atom. The molecule has 1 aromatic rings. The van der Waals surface area contributed by atoms with Gasteiger partial charge in [0.25, 0.3) is 0 Å². The highest BCUT2D eigenvalue weighted by Gasteiger charge is 2.30. The van der Waals surface area contributed by atoms with E-state index >= 15 is 0 Å². The number of nitrogens with one attached hydrogen (secondary N) is 1. The van der Waals surface area contributed by atoms with Crippen molar-refractivity contribution in [2.75, 3.05) is 0 Å². The molecule has 1 saturated carbocycles. The van der Waals surface area contributed by atoms with Crippen LogP contribution in [0.15, 0.2) is 0 Å². The lowest BCUT2D eigenvalue weighted by molar-refractivity contribution is 0.223. The number of nitrogens with zero attached hydrogens (tertiary/aromatic N) is 2. The fraction of sp³-hybridized carbons (Fsp3) is 0.786. The normalized spacial score (nSPS) is 26.3. The third-order valence-corrected chi connectivity index (χ3v) is 4.50.